The van der Waals surface area contributed by atoms with Crippen LogP contribution in [0, 0.1) is 17.3 Å². The molecule has 0 saturated heterocycles. The second-order valence-electron chi connectivity index (χ2n) is 4.05. The third-order valence-corrected chi connectivity index (χ3v) is 3.59. The number of carbonyl (C=O) groups excluding carboxylic acids is 1. The van der Waals surface area contributed by atoms with Gasteiger partial charge in [0, 0.05) is 5.41 Å². The zero-order chi connectivity index (χ0) is 9.19. The van der Waals surface area contributed by atoms with Crippen molar-refractivity contribution in [1.29, 1.82) is 0 Å². The summed E-state index contributed by atoms with van der Waals surface area (Å²) in [6.45, 7) is 8.06. The van der Waals surface area contributed by atoms with Gasteiger partial charge in [-0.1, -0.05) is 26.3 Å². The van der Waals surface area contributed by atoms with E-state index in [2.05, 4.69) is 20.4 Å². The molecule has 3 unspecified atom stereocenters. The van der Waals surface area contributed by atoms with Gasteiger partial charge in [0.25, 0.3) is 0 Å². The minimum Gasteiger partial charge on any atom is -0.303 e. The lowest BCUT2D eigenvalue weighted by Crippen LogP contribution is -2.32. The normalized spacial score (nSPS) is 37.7. The molecule has 1 rings (SSSR count). The lowest BCUT2D eigenvalue weighted by molar-refractivity contribution is -0.119. The molecule has 1 aliphatic carbocycles. The van der Waals surface area contributed by atoms with Crippen LogP contribution in [0.1, 0.15) is 33.1 Å². The summed E-state index contributed by atoms with van der Waals surface area (Å²) in [7, 11) is 0. The number of aldehydes is 1. The van der Waals surface area contributed by atoms with E-state index in [9.17, 15) is 4.79 Å². The topological polar surface area (TPSA) is 17.1 Å². The Hall–Kier alpha value is -0.590. The van der Waals surface area contributed by atoms with Crippen molar-refractivity contribution in [3.8, 4) is 0 Å². The van der Waals surface area contributed by atoms with Crippen molar-refractivity contribution in [2.75, 3.05) is 0 Å². The summed E-state index contributed by atoms with van der Waals surface area (Å²) in [6.07, 6.45) is 6.51. The van der Waals surface area contributed by atoms with E-state index < -0.39 is 0 Å². The molecule has 0 heterocycles. The highest BCUT2D eigenvalue weighted by Gasteiger charge is 2.43. The van der Waals surface area contributed by atoms with Crippen molar-refractivity contribution in [2.24, 2.45) is 17.3 Å². The van der Waals surface area contributed by atoms with Gasteiger partial charge >= 0.3 is 0 Å². The predicted octanol–water partition coefficient (Wildman–Crippen LogP) is 2.81. The Labute approximate surface area is 74.9 Å². The summed E-state index contributed by atoms with van der Waals surface area (Å²) < 4.78 is 0. The second kappa shape index (κ2) is 3.42. The molecular weight excluding hydrogens is 148 g/mol. The summed E-state index contributed by atoms with van der Waals surface area (Å²) in [4.78, 5) is 11.1. The molecule has 0 bridgehead atoms. The molecule has 0 spiro atoms. The van der Waals surface area contributed by atoms with Gasteiger partial charge in [-0.3, -0.25) is 0 Å². The van der Waals surface area contributed by atoms with Crippen LogP contribution in [0.5, 0.6) is 0 Å². The number of hydrogen-bond donors (Lipinski definition) is 0. The van der Waals surface area contributed by atoms with Gasteiger partial charge in [0.15, 0.2) is 0 Å². The maximum Gasteiger partial charge on any atom is 0.126 e. The van der Waals surface area contributed by atoms with Crippen molar-refractivity contribution >= 4 is 6.29 Å². The Morgan fingerprint density at radius 1 is 1.67 bits per heavy atom. The highest BCUT2D eigenvalue weighted by molar-refractivity contribution is 5.61. The van der Waals surface area contributed by atoms with Gasteiger partial charge in [-0.15, -0.1) is 6.58 Å². The summed E-state index contributed by atoms with van der Waals surface area (Å²) >= 11 is 0. The fourth-order valence-electron chi connectivity index (χ4n) is 2.41. The SMILES string of the molecule is C=CC(C)C1(C=O)CCCC1C. The fourth-order valence-corrected chi connectivity index (χ4v) is 2.41. The quantitative estimate of drug-likeness (QED) is 0.465. The van der Waals surface area contributed by atoms with E-state index in [1.54, 1.807) is 0 Å². The molecule has 1 fully saturated rings. The van der Waals surface area contributed by atoms with E-state index in [-0.39, 0.29) is 5.41 Å². The van der Waals surface area contributed by atoms with Crippen LogP contribution in [0.25, 0.3) is 0 Å². The predicted molar refractivity (Wildman–Crippen MR) is 50.9 cm³/mol. The first kappa shape index (κ1) is 9.50. The monoisotopic (exact) mass is 166 g/mol. The molecule has 0 aromatic carbocycles. The Balaban J connectivity index is 2.87. The molecule has 1 saturated carbocycles. The molecular formula is C11H18O. The third-order valence-electron chi connectivity index (χ3n) is 3.59. The van der Waals surface area contributed by atoms with E-state index >= 15 is 0 Å². The average Bonchev–Trinajstić information content (AvgIpc) is 2.46. The van der Waals surface area contributed by atoms with Gasteiger partial charge in [-0.2, -0.15) is 0 Å². The minimum atomic E-state index is -0.0955. The molecule has 0 aromatic rings. The van der Waals surface area contributed by atoms with Gasteiger partial charge in [0.2, 0.25) is 0 Å². The number of carbonyl (C=O) groups is 1. The molecule has 0 aliphatic heterocycles. The molecule has 68 valence electrons. The molecule has 12 heavy (non-hydrogen) atoms. The van der Waals surface area contributed by atoms with Gasteiger partial charge in [0.05, 0.1) is 0 Å². The lowest BCUT2D eigenvalue weighted by Gasteiger charge is -2.32. The van der Waals surface area contributed by atoms with Crippen LogP contribution in [-0.4, -0.2) is 6.29 Å². The van der Waals surface area contributed by atoms with Crippen LogP contribution in [-0.2, 0) is 4.79 Å². The first-order chi connectivity index (χ1) is 5.67. The standard InChI is InChI=1S/C11H18O/c1-4-9(2)11(8-12)7-5-6-10(11)3/h4,8-10H,1,5-7H2,2-3H3. The van der Waals surface area contributed by atoms with E-state index in [0.717, 1.165) is 12.7 Å². The van der Waals surface area contributed by atoms with Crippen molar-refractivity contribution in [1.82, 2.24) is 0 Å². The highest BCUT2D eigenvalue weighted by atomic mass is 16.1. The molecule has 0 aromatic heterocycles. The summed E-state index contributed by atoms with van der Waals surface area (Å²) in [5.74, 6) is 0.857. The summed E-state index contributed by atoms with van der Waals surface area (Å²) in [5, 5.41) is 0. The number of hydrogen-bond acceptors (Lipinski definition) is 1. The second-order valence-corrected chi connectivity index (χ2v) is 4.05. The zero-order valence-corrected chi connectivity index (χ0v) is 8.05. The van der Waals surface area contributed by atoms with E-state index in [1.807, 2.05) is 6.08 Å². The Bertz CT molecular complexity index is 185. The first-order valence-corrected chi connectivity index (χ1v) is 4.76. The van der Waals surface area contributed by atoms with Crippen LogP contribution in [0.15, 0.2) is 12.7 Å². The van der Waals surface area contributed by atoms with Crippen LogP contribution in [0.3, 0.4) is 0 Å². The van der Waals surface area contributed by atoms with Crippen molar-refractivity contribution in [2.45, 2.75) is 33.1 Å². The largest absolute Gasteiger partial charge is 0.303 e. The Morgan fingerprint density at radius 3 is 2.67 bits per heavy atom. The van der Waals surface area contributed by atoms with E-state index in [1.165, 1.54) is 12.8 Å². The summed E-state index contributed by atoms with van der Waals surface area (Å²) in [6, 6.07) is 0. The molecule has 0 N–H and O–H groups in total. The summed E-state index contributed by atoms with van der Waals surface area (Å²) in [5.41, 5.74) is -0.0955. The first-order valence-electron chi connectivity index (χ1n) is 4.76. The maximum absolute atomic E-state index is 11.1. The van der Waals surface area contributed by atoms with Gasteiger partial charge in [0.1, 0.15) is 6.29 Å². The van der Waals surface area contributed by atoms with Crippen molar-refractivity contribution in [3.05, 3.63) is 12.7 Å². The fraction of sp³-hybridized carbons (Fsp3) is 0.727. The van der Waals surface area contributed by atoms with E-state index in [4.69, 9.17) is 0 Å². The average molecular weight is 166 g/mol. The van der Waals surface area contributed by atoms with Crippen LogP contribution in [0.2, 0.25) is 0 Å². The molecule has 3 atom stereocenters. The van der Waals surface area contributed by atoms with Crippen LogP contribution >= 0.6 is 0 Å². The van der Waals surface area contributed by atoms with E-state index in [0.29, 0.717) is 11.8 Å². The van der Waals surface area contributed by atoms with Gasteiger partial charge in [-0.25, -0.2) is 0 Å². The lowest BCUT2D eigenvalue weighted by atomic mass is 9.71. The molecule has 0 amide bonds. The third kappa shape index (κ3) is 1.21. The molecule has 1 aliphatic rings. The molecule has 0 radical (unpaired) electrons. The maximum atomic E-state index is 11.1. The highest BCUT2D eigenvalue weighted by Crippen LogP contribution is 2.47. The Kier molecular flexibility index (Phi) is 2.71. The Morgan fingerprint density at radius 2 is 2.33 bits per heavy atom. The molecule has 1 heteroatoms. The van der Waals surface area contributed by atoms with Crippen LogP contribution in [0.4, 0.5) is 0 Å². The van der Waals surface area contributed by atoms with Crippen LogP contribution < -0.4 is 0 Å². The van der Waals surface area contributed by atoms with Crippen molar-refractivity contribution in [3.63, 3.8) is 0 Å². The van der Waals surface area contributed by atoms with Gasteiger partial charge in [-0.05, 0) is 24.7 Å². The number of allylic oxidation sites excluding steroid dienone is 1. The van der Waals surface area contributed by atoms with Crippen molar-refractivity contribution < 1.29 is 4.79 Å². The minimum absolute atomic E-state index is 0.0955. The number of rotatable bonds is 3. The smallest absolute Gasteiger partial charge is 0.126 e. The zero-order valence-electron chi connectivity index (χ0n) is 8.05. The molecule has 1 nitrogen and oxygen atoms in total. The van der Waals surface area contributed by atoms with Gasteiger partial charge < -0.3 is 4.79 Å².